The molecule has 1 rings (SSSR count). The van der Waals surface area contributed by atoms with Gasteiger partial charge in [-0.3, -0.25) is 10.1 Å². The van der Waals surface area contributed by atoms with E-state index in [1.165, 1.54) is 6.42 Å². The van der Waals surface area contributed by atoms with Crippen LogP contribution in [0.2, 0.25) is 0 Å². The second-order valence-corrected chi connectivity index (χ2v) is 5.95. The van der Waals surface area contributed by atoms with Gasteiger partial charge in [0, 0.05) is 0 Å². The van der Waals surface area contributed by atoms with Crippen molar-refractivity contribution in [2.45, 2.75) is 64.5 Å². The smallest absolute Gasteiger partial charge is 0.323 e. The number of nitrogens with zero attached hydrogens (tertiary/aromatic N) is 1. The minimum Gasteiger partial charge on any atom is -0.459 e. The molecule has 0 aromatic carbocycles. The second kappa shape index (κ2) is 6.75. The number of nitrogens with one attached hydrogen (secondary N) is 1. The minimum absolute atomic E-state index is 0.195. The Balaban J connectivity index is 2.64. The van der Waals surface area contributed by atoms with E-state index in [9.17, 15) is 4.79 Å². The summed E-state index contributed by atoms with van der Waals surface area (Å²) in [6.07, 6.45) is 5.66. The number of carbonyl (C=O) groups excluding carboxylic acids is 1. The Morgan fingerprint density at radius 1 is 1.39 bits per heavy atom. The second-order valence-electron chi connectivity index (χ2n) is 5.95. The first-order chi connectivity index (χ1) is 8.44. The van der Waals surface area contributed by atoms with Gasteiger partial charge in [0.25, 0.3) is 0 Å². The molecule has 1 atom stereocenters. The lowest BCUT2D eigenvalue weighted by Crippen LogP contribution is -2.46. The summed E-state index contributed by atoms with van der Waals surface area (Å²) in [6.45, 7) is 5.80. The highest BCUT2D eigenvalue weighted by Crippen LogP contribution is 2.27. The Bertz CT molecular complexity index is 309. The zero-order valence-electron chi connectivity index (χ0n) is 11.7. The van der Waals surface area contributed by atoms with Crippen LogP contribution in [0, 0.1) is 17.2 Å². The number of esters is 1. The summed E-state index contributed by atoms with van der Waals surface area (Å²) in [4.78, 5) is 12.2. The van der Waals surface area contributed by atoms with Gasteiger partial charge in [-0.2, -0.15) is 5.26 Å². The highest BCUT2D eigenvalue weighted by atomic mass is 16.6. The van der Waals surface area contributed by atoms with E-state index in [0.717, 1.165) is 25.7 Å². The molecular weight excluding hydrogens is 228 g/mol. The Morgan fingerprint density at radius 2 is 2.00 bits per heavy atom. The number of hydrogen-bond donors (Lipinski definition) is 1. The summed E-state index contributed by atoms with van der Waals surface area (Å²) >= 11 is 0. The molecule has 4 heteroatoms. The van der Waals surface area contributed by atoms with Crippen molar-refractivity contribution in [1.29, 1.82) is 5.26 Å². The lowest BCUT2D eigenvalue weighted by atomic mass is 9.84. The standard InChI is InChI=1S/C14H24N2O2/c1-14(2,3)18-13(17)12(16-10-9-15)11-7-5-4-6-8-11/h11-12,16H,4-8,10H2,1-3H3. The van der Waals surface area contributed by atoms with Gasteiger partial charge in [0.2, 0.25) is 0 Å². The number of carbonyl (C=O) groups is 1. The molecule has 1 saturated carbocycles. The first-order valence-corrected chi connectivity index (χ1v) is 6.77. The van der Waals surface area contributed by atoms with E-state index in [0.29, 0.717) is 5.92 Å². The van der Waals surface area contributed by atoms with Crippen LogP contribution < -0.4 is 5.32 Å². The number of hydrogen-bond acceptors (Lipinski definition) is 4. The first-order valence-electron chi connectivity index (χ1n) is 6.77. The Morgan fingerprint density at radius 3 is 2.50 bits per heavy atom. The summed E-state index contributed by atoms with van der Waals surface area (Å²) in [5.74, 6) is 0.0894. The van der Waals surface area contributed by atoms with Gasteiger partial charge < -0.3 is 4.74 Å². The maximum atomic E-state index is 12.2. The van der Waals surface area contributed by atoms with Gasteiger partial charge in [-0.1, -0.05) is 19.3 Å². The Kier molecular flexibility index (Phi) is 5.61. The number of rotatable bonds is 4. The molecule has 0 radical (unpaired) electrons. The van der Waals surface area contributed by atoms with Crippen LogP contribution in [0.1, 0.15) is 52.9 Å². The molecule has 102 valence electrons. The Hall–Kier alpha value is -1.08. The van der Waals surface area contributed by atoms with Gasteiger partial charge in [0.05, 0.1) is 12.6 Å². The fraction of sp³-hybridized carbons (Fsp3) is 0.857. The van der Waals surface area contributed by atoms with Crippen LogP contribution in [-0.2, 0) is 9.53 Å². The maximum Gasteiger partial charge on any atom is 0.323 e. The molecule has 4 nitrogen and oxygen atoms in total. The normalized spacial score (nSPS) is 19.0. The maximum absolute atomic E-state index is 12.2. The zero-order valence-corrected chi connectivity index (χ0v) is 11.7. The molecule has 0 aromatic heterocycles. The third-order valence-corrected chi connectivity index (χ3v) is 3.18. The average Bonchev–Trinajstić information content (AvgIpc) is 2.28. The van der Waals surface area contributed by atoms with E-state index >= 15 is 0 Å². The van der Waals surface area contributed by atoms with Crippen molar-refractivity contribution in [2.75, 3.05) is 6.54 Å². The minimum atomic E-state index is -0.474. The topological polar surface area (TPSA) is 62.1 Å². The average molecular weight is 252 g/mol. The predicted octanol–water partition coefficient (Wildman–Crippen LogP) is 2.39. The van der Waals surface area contributed by atoms with Crippen LogP contribution in [0.4, 0.5) is 0 Å². The van der Waals surface area contributed by atoms with E-state index in [1.54, 1.807) is 0 Å². The van der Waals surface area contributed by atoms with Gasteiger partial charge in [-0.15, -0.1) is 0 Å². The fourth-order valence-electron chi connectivity index (χ4n) is 2.43. The predicted molar refractivity (Wildman–Crippen MR) is 69.8 cm³/mol. The molecule has 0 amide bonds. The lowest BCUT2D eigenvalue weighted by Gasteiger charge is -2.31. The third kappa shape index (κ3) is 5.05. The van der Waals surface area contributed by atoms with E-state index < -0.39 is 5.60 Å². The highest BCUT2D eigenvalue weighted by Gasteiger charge is 2.32. The van der Waals surface area contributed by atoms with E-state index in [4.69, 9.17) is 10.00 Å². The molecule has 0 saturated heterocycles. The molecule has 1 N–H and O–H groups in total. The molecule has 1 fully saturated rings. The monoisotopic (exact) mass is 252 g/mol. The van der Waals surface area contributed by atoms with Crippen LogP contribution in [0.5, 0.6) is 0 Å². The number of nitriles is 1. The van der Waals surface area contributed by atoms with E-state index in [1.807, 2.05) is 26.8 Å². The molecule has 1 unspecified atom stereocenters. The van der Waals surface area contributed by atoms with Crippen molar-refractivity contribution < 1.29 is 9.53 Å². The molecule has 1 aliphatic rings. The van der Waals surface area contributed by atoms with Gasteiger partial charge in [-0.05, 0) is 39.5 Å². The van der Waals surface area contributed by atoms with Gasteiger partial charge in [0.15, 0.2) is 0 Å². The van der Waals surface area contributed by atoms with Crippen molar-refractivity contribution in [2.24, 2.45) is 5.92 Å². The van der Waals surface area contributed by atoms with Crippen molar-refractivity contribution in [3.8, 4) is 6.07 Å². The summed E-state index contributed by atoms with van der Waals surface area (Å²) in [7, 11) is 0. The molecule has 0 heterocycles. The van der Waals surface area contributed by atoms with Gasteiger partial charge in [0.1, 0.15) is 11.6 Å². The molecule has 0 bridgehead atoms. The summed E-state index contributed by atoms with van der Waals surface area (Å²) < 4.78 is 5.44. The van der Waals surface area contributed by atoms with Crippen molar-refractivity contribution in [3.63, 3.8) is 0 Å². The van der Waals surface area contributed by atoms with Crippen molar-refractivity contribution in [3.05, 3.63) is 0 Å². The van der Waals surface area contributed by atoms with Crippen LogP contribution >= 0.6 is 0 Å². The molecule has 18 heavy (non-hydrogen) atoms. The molecule has 0 aliphatic heterocycles. The van der Waals surface area contributed by atoms with Crippen LogP contribution in [0.25, 0.3) is 0 Å². The summed E-state index contributed by atoms with van der Waals surface area (Å²) in [5, 5.41) is 11.7. The zero-order chi connectivity index (χ0) is 13.6. The lowest BCUT2D eigenvalue weighted by molar-refractivity contribution is -0.159. The largest absolute Gasteiger partial charge is 0.459 e. The van der Waals surface area contributed by atoms with E-state index in [-0.39, 0.29) is 18.6 Å². The molecule has 0 spiro atoms. The van der Waals surface area contributed by atoms with Crippen molar-refractivity contribution in [1.82, 2.24) is 5.32 Å². The van der Waals surface area contributed by atoms with Crippen LogP contribution in [0.3, 0.4) is 0 Å². The quantitative estimate of drug-likeness (QED) is 0.616. The summed E-state index contributed by atoms with van der Waals surface area (Å²) in [6, 6.07) is 1.71. The summed E-state index contributed by atoms with van der Waals surface area (Å²) in [5.41, 5.74) is -0.474. The van der Waals surface area contributed by atoms with E-state index in [2.05, 4.69) is 5.32 Å². The fourth-order valence-corrected chi connectivity index (χ4v) is 2.43. The Labute approximate surface area is 110 Å². The third-order valence-electron chi connectivity index (χ3n) is 3.18. The molecule has 0 aromatic rings. The first kappa shape index (κ1) is 15.0. The van der Waals surface area contributed by atoms with Gasteiger partial charge >= 0.3 is 5.97 Å². The van der Waals surface area contributed by atoms with Crippen molar-refractivity contribution >= 4 is 5.97 Å². The highest BCUT2D eigenvalue weighted by molar-refractivity contribution is 5.76. The number of ether oxygens (including phenoxy) is 1. The SMILES string of the molecule is CC(C)(C)OC(=O)C(NCC#N)C1CCCCC1. The van der Waals surface area contributed by atoms with Gasteiger partial charge in [-0.25, -0.2) is 0 Å². The molecular formula is C14H24N2O2. The van der Waals surface area contributed by atoms with Crippen LogP contribution in [-0.4, -0.2) is 24.2 Å². The molecule has 1 aliphatic carbocycles. The van der Waals surface area contributed by atoms with Crippen LogP contribution in [0.15, 0.2) is 0 Å².